The molecule has 6 nitrogen and oxygen atoms in total. The fraction of sp³-hybridized carbons (Fsp3) is 0.438. The smallest absolute Gasteiger partial charge is 0.272 e. The molecule has 1 amide bonds. The summed E-state index contributed by atoms with van der Waals surface area (Å²) in [6.45, 7) is 6.33. The lowest BCUT2D eigenvalue weighted by molar-refractivity contribution is -0.00697. The number of carbonyl (C=O) groups is 1. The zero-order valence-electron chi connectivity index (χ0n) is 13.3. The average molecular weight is 379 g/mol. The number of aromatic amines is 1. The molecule has 3 rings (SSSR count). The zero-order chi connectivity index (χ0) is 16.6. The lowest BCUT2D eigenvalue weighted by Crippen LogP contribution is -2.27. The molecule has 0 radical (unpaired) electrons. The van der Waals surface area contributed by atoms with Crippen LogP contribution >= 0.6 is 15.9 Å². The number of ether oxygens (including phenoxy) is 1. The van der Waals surface area contributed by atoms with Crippen molar-refractivity contribution in [1.29, 1.82) is 0 Å². The number of rotatable bonds is 3. The van der Waals surface area contributed by atoms with Gasteiger partial charge in [0.15, 0.2) is 5.69 Å². The van der Waals surface area contributed by atoms with E-state index in [2.05, 4.69) is 36.4 Å². The van der Waals surface area contributed by atoms with E-state index in [9.17, 15) is 4.79 Å². The van der Waals surface area contributed by atoms with Crippen LogP contribution in [-0.2, 0) is 17.7 Å². The second-order valence-corrected chi connectivity index (χ2v) is 6.72. The predicted molar refractivity (Wildman–Crippen MR) is 89.1 cm³/mol. The summed E-state index contributed by atoms with van der Waals surface area (Å²) in [6.07, 6.45) is 2.44. The van der Waals surface area contributed by atoms with Crippen LogP contribution in [0.25, 0.3) is 0 Å². The Labute approximate surface area is 143 Å². The Bertz CT molecular complexity index is 744. The van der Waals surface area contributed by atoms with E-state index in [-0.39, 0.29) is 18.1 Å². The third-order valence-corrected chi connectivity index (χ3v) is 4.81. The largest absolute Gasteiger partial charge is 0.369 e. The molecule has 1 aliphatic rings. The number of H-pyrrole nitrogens is 1. The van der Waals surface area contributed by atoms with Crippen LogP contribution in [0.1, 0.15) is 53.0 Å². The third-order valence-electron chi connectivity index (χ3n) is 3.98. The number of halogens is 1. The first-order valence-corrected chi connectivity index (χ1v) is 8.36. The van der Waals surface area contributed by atoms with Crippen LogP contribution in [0.5, 0.6) is 0 Å². The van der Waals surface area contributed by atoms with Gasteiger partial charge in [0.1, 0.15) is 0 Å². The van der Waals surface area contributed by atoms with Crippen LogP contribution in [0.4, 0.5) is 0 Å². The van der Waals surface area contributed by atoms with Crippen LogP contribution < -0.4 is 5.32 Å². The number of fused-ring (bicyclic) bond motifs is 1. The first-order valence-electron chi connectivity index (χ1n) is 7.57. The summed E-state index contributed by atoms with van der Waals surface area (Å²) >= 11 is 3.42. The van der Waals surface area contributed by atoms with Crippen molar-refractivity contribution in [3.63, 3.8) is 0 Å². The van der Waals surface area contributed by atoms with E-state index in [1.54, 1.807) is 6.20 Å². The fourth-order valence-corrected chi connectivity index (χ4v) is 3.03. The van der Waals surface area contributed by atoms with E-state index in [0.29, 0.717) is 18.7 Å². The Morgan fingerprint density at radius 2 is 2.30 bits per heavy atom. The lowest BCUT2D eigenvalue weighted by atomic mass is 9.99. The van der Waals surface area contributed by atoms with E-state index >= 15 is 0 Å². The molecular weight excluding hydrogens is 360 g/mol. The predicted octanol–water partition coefficient (Wildman–Crippen LogP) is 2.83. The summed E-state index contributed by atoms with van der Waals surface area (Å²) in [6, 6.07) is 1.95. The van der Waals surface area contributed by atoms with Gasteiger partial charge in [-0.3, -0.25) is 14.9 Å². The number of aryl methyl sites for hydroxylation is 1. The Kier molecular flexibility index (Phi) is 4.50. The number of nitrogens with zero attached hydrogens (tertiary/aromatic N) is 2. The monoisotopic (exact) mass is 378 g/mol. The van der Waals surface area contributed by atoms with Crippen LogP contribution in [0, 0.1) is 6.92 Å². The molecule has 1 aliphatic heterocycles. The van der Waals surface area contributed by atoms with E-state index < -0.39 is 0 Å². The topological polar surface area (TPSA) is 79.9 Å². The van der Waals surface area contributed by atoms with Gasteiger partial charge in [0.05, 0.1) is 30.1 Å². The highest BCUT2D eigenvalue weighted by molar-refractivity contribution is 9.10. The van der Waals surface area contributed by atoms with Crippen LogP contribution in [0.2, 0.25) is 0 Å². The average Bonchev–Trinajstić information content (AvgIpc) is 2.92. The highest BCUT2D eigenvalue weighted by Gasteiger charge is 2.29. The van der Waals surface area contributed by atoms with Gasteiger partial charge in [-0.05, 0) is 48.3 Å². The summed E-state index contributed by atoms with van der Waals surface area (Å²) in [5.74, 6) is -0.189. The van der Waals surface area contributed by atoms with Crippen LogP contribution in [-0.4, -0.2) is 27.2 Å². The summed E-state index contributed by atoms with van der Waals surface area (Å²) in [5, 5.41) is 10.0. The minimum Gasteiger partial charge on any atom is -0.369 e. The van der Waals surface area contributed by atoms with Crippen LogP contribution in [0.3, 0.4) is 0 Å². The molecule has 23 heavy (non-hydrogen) atoms. The van der Waals surface area contributed by atoms with Gasteiger partial charge >= 0.3 is 0 Å². The standard InChI is InChI=1S/C16H19BrN4O2/c1-8-4-11(18-7-13(8)17)6-19-16(22)15-12-5-9(2)23-10(3)14(12)20-21-15/h4,7,9-10H,5-6H2,1-3H3,(H,19,22)(H,20,21)/t9-,10+/m1/s1. The molecule has 0 fully saturated rings. The van der Waals surface area contributed by atoms with Gasteiger partial charge in [-0.15, -0.1) is 0 Å². The van der Waals surface area contributed by atoms with Gasteiger partial charge in [-0.1, -0.05) is 0 Å². The molecule has 2 aromatic heterocycles. The van der Waals surface area contributed by atoms with E-state index in [1.807, 2.05) is 26.8 Å². The summed E-state index contributed by atoms with van der Waals surface area (Å²) < 4.78 is 6.70. The van der Waals surface area contributed by atoms with Gasteiger partial charge in [0.2, 0.25) is 0 Å². The quantitative estimate of drug-likeness (QED) is 0.860. The molecule has 2 N–H and O–H groups in total. The second-order valence-electron chi connectivity index (χ2n) is 5.86. The summed E-state index contributed by atoms with van der Waals surface area (Å²) in [4.78, 5) is 16.7. The highest BCUT2D eigenvalue weighted by atomic mass is 79.9. The number of nitrogens with one attached hydrogen (secondary N) is 2. The SMILES string of the molecule is Cc1cc(CNC(=O)c2n[nH]c3c2C[C@@H](C)O[C@H]3C)ncc1Br. The molecule has 122 valence electrons. The number of carbonyl (C=O) groups excluding carboxylic acids is 1. The molecule has 0 aromatic carbocycles. The maximum atomic E-state index is 12.4. The normalized spacial score (nSPS) is 20.2. The molecule has 2 aromatic rings. The molecule has 0 bridgehead atoms. The van der Waals surface area contributed by atoms with Gasteiger partial charge in [-0.2, -0.15) is 5.10 Å². The van der Waals surface area contributed by atoms with Crippen molar-refractivity contribution < 1.29 is 9.53 Å². The molecule has 7 heteroatoms. The molecule has 0 saturated carbocycles. The fourth-order valence-electron chi connectivity index (χ4n) is 2.81. The van der Waals surface area contributed by atoms with Crippen molar-refractivity contribution in [2.24, 2.45) is 0 Å². The maximum absolute atomic E-state index is 12.4. The lowest BCUT2D eigenvalue weighted by Gasteiger charge is -2.25. The second kappa shape index (κ2) is 6.41. The van der Waals surface area contributed by atoms with Crippen molar-refractivity contribution in [3.8, 4) is 0 Å². The van der Waals surface area contributed by atoms with Gasteiger partial charge in [0.25, 0.3) is 5.91 Å². The van der Waals surface area contributed by atoms with E-state index in [1.165, 1.54) is 0 Å². The van der Waals surface area contributed by atoms with Gasteiger partial charge < -0.3 is 10.1 Å². The minimum absolute atomic E-state index is 0.0708. The minimum atomic E-state index is -0.189. The number of amides is 1. The van der Waals surface area contributed by atoms with Gasteiger partial charge in [-0.25, -0.2) is 0 Å². The Balaban J connectivity index is 1.73. The maximum Gasteiger partial charge on any atom is 0.272 e. The molecule has 0 saturated heterocycles. The van der Waals surface area contributed by atoms with Crippen molar-refractivity contribution in [3.05, 3.63) is 44.9 Å². The number of pyridine rings is 1. The third kappa shape index (κ3) is 3.30. The van der Waals surface area contributed by atoms with Crippen molar-refractivity contribution in [1.82, 2.24) is 20.5 Å². The number of hydrogen-bond acceptors (Lipinski definition) is 4. The Morgan fingerprint density at radius 3 is 3.04 bits per heavy atom. The van der Waals surface area contributed by atoms with Crippen molar-refractivity contribution in [2.75, 3.05) is 0 Å². The summed E-state index contributed by atoms with van der Waals surface area (Å²) in [7, 11) is 0. The molecule has 0 unspecified atom stereocenters. The van der Waals surface area contributed by atoms with Crippen molar-refractivity contribution >= 4 is 21.8 Å². The van der Waals surface area contributed by atoms with Gasteiger partial charge in [0, 0.05) is 22.7 Å². The van der Waals surface area contributed by atoms with E-state index in [4.69, 9.17) is 4.74 Å². The van der Waals surface area contributed by atoms with Crippen LogP contribution in [0.15, 0.2) is 16.7 Å². The van der Waals surface area contributed by atoms with E-state index in [0.717, 1.165) is 27.0 Å². The summed E-state index contributed by atoms with van der Waals surface area (Å²) in [5.41, 5.74) is 4.20. The number of aromatic nitrogens is 3. The Hall–Kier alpha value is -1.73. The zero-order valence-corrected chi connectivity index (χ0v) is 14.9. The number of hydrogen-bond donors (Lipinski definition) is 2. The first-order chi connectivity index (χ1) is 11.0. The molecule has 0 spiro atoms. The Morgan fingerprint density at radius 1 is 1.52 bits per heavy atom. The molecular formula is C16H19BrN4O2. The molecule has 2 atom stereocenters. The van der Waals surface area contributed by atoms with Crippen molar-refractivity contribution in [2.45, 2.75) is 45.9 Å². The first kappa shape index (κ1) is 16.1. The molecule has 3 heterocycles. The highest BCUT2D eigenvalue weighted by Crippen LogP contribution is 2.30. The molecule has 0 aliphatic carbocycles.